The van der Waals surface area contributed by atoms with Crippen molar-refractivity contribution in [2.24, 2.45) is 0 Å². The highest BCUT2D eigenvalue weighted by molar-refractivity contribution is 5.89. The van der Waals surface area contributed by atoms with E-state index in [0.29, 0.717) is 23.6 Å². The summed E-state index contributed by atoms with van der Waals surface area (Å²) in [4.78, 5) is 23.4. The van der Waals surface area contributed by atoms with E-state index in [1.807, 2.05) is 6.07 Å². The van der Waals surface area contributed by atoms with Gasteiger partial charge in [-0.25, -0.2) is 4.79 Å². The molecule has 1 fully saturated rings. The summed E-state index contributed by atoms with van der Waals surface area (Å²) in [6, 6.07) is 6.88. The Bertz CT molecular complexity index is 719. The van der Waals surface area contributed by atoms with Crippen molar-refractivity contribution >= 4 is 18.0 Å². The van der Waals surface area contributed by atoms with Crippen LogP contribution in [-0.2, 0) is 19.1 Å². The zero-order valence-electron chi connectivity index (χ0n) is 15.1. The fourth-order valence-electron chi connectivity index (χ4n) is 2.45. The standard InChI is InChI=1S/C19H22N2O6/c1-24-17-11-14(4-6-16(17)26-10-8-20)5-7-19(23)27-13-18(22)21-12-15-3-2-9-25-15/h4-7,11,15H,2-3,9-10,12-13H2,1H3,(H,21,22)/b7-5+/t15-/m0/s1. The van der Waals surface area contributed by atoms with E-state index in [2.05, 4.69) is 5.32 Å². The van der Waals surface area contributed by atoms with Gasteiger partial charge in [0.2, 0.25) is 0 Å². The van der Waals surface area contributed by atoms with Gasteiger partial charge in [-0.3, -0.25) is 4.79 Å². The first-order chi connectivity index (χ1) is 13.1. The van der Waals surface area contributed by atoms with Gasteiger partial charge >= 0.3 is 5.97 Å². The number of nitrogens with zero attached hydrogens (tertiary/aromatic N) is 1. The highest BCUT2D eigenvalue weighted by atomic mass is 16.5. The van der Waals surface area contributed by atoms with E-state index in [-0.39, 0.29) is 25.2 Å². The van der Waals surface area contributed by atoms with Crippen LogP contribution in [-0.4, -0.2) is 51.5 Å². The molecule has 144 valence electrons. The lowest BCUT2D eigenvalue weighted by Gasteiger charge is -2.10. The summed E-state index contributed by atoms with van der Waals surface area (Å²) >= 11 is 0. The molecule has 0 unspecified atom stereocenters. The quantitative estimate of drug-likeness (QED) is 0.515. The van der Waals surface area contributed by atoms with Gasteiger partial charge in [0.25, 0.3) is 5.91 Å². The molecule has 0 radical (unpaired) electrons. The van der Waals surface area contributed by atoms with Crippen LogP contribution in [0.1, 0.15) is 18.4 Å². The van der Waals surface area contributed by atoms with Gasteiger partial charge in [0.05, 0.1) is 13.2 Å². The molecule has 1 atom stereocenters. The van der Waals surface area contributed by atoms with E-state index in [9.17, 15) is 9.59 Å². The van der Waals surface area contributed by atoms with E-state index in [1.165, 1.54) is 19.3 Å². The van der Waals surface area contributed by atoms with Crippen molar-refractivity contribution in [1.82, 2.24) is 5.32 Å². The molecule has 1 aromatic rings. The van der Waals surface area contributed by atoms with Crippen LogP contribution in [0.2, 0.25) is 0 Å². The molecule has 0 aliphatic carbocycles. The number of carbonyl (C=O) groups excluding carboxylic acids is 2. The van der Waals surface area contributed by atoms with E-state index in [1.54, 1.807) is 18.2 Å². The first-order valence-corrected chi connectivity index (χ1v) is 8.53. The van der Waals surface area contributed by atoms with Crippen LogP contribution in [0, 0.1) is 11.3 Å². The SMILES string of the molecule is COc1cc(/C=C/C(=O)OCC(=O)NC[C@@H]2CCCO2)ccc1OCC#N. The molecule has 1 amide bonds. The number of amides is 1. The van der Waals surface area contributed by atoms with Crippen LogP contribution < -0.4 is 14.8 Å². The molecule has 1 aliphatic rings. The maximum absolute atomic E-state index is 11.7. The van der Waals surface area contributed by atoms with Crippen molar-refractivity contribution in [3.05, 3.63) is 29.8 Å². The monoisotopic (exact) mass is 374 g/mol. The molecule has 27 heavy (non-hydrogen) atoms. The third-order valence-electron chi connectivity index (χ3n) is 3.79. The number of nitrogens with one attached hydrogen (secondary N) is 1. The minimum absolute atomic E-state index is 0.0413. The molecule has 1 aliphatic heterocycles. The third kappa shape index (κ3) is 6.99. The molecule has 0 aromatic heterocycles. The Labute approximate surface area is 157 Å². The number of nitriles is 1. The van der Waals surface area contributed by atoms with Crippen molar-refractivity contribution in [1.29, 1.82) is 5.26 Å². The van der Waals surface area contributed by atoms with Crippen LogP contribution >= 0.6 is 0 Å². The summed E-state index contributed by atoms with van der Waals surface area (Å²) in [6.07, 6.45) is 4.71. The summed E-state index contributed by atoms with van der Waals surface area (Å²) in [5.74, 6) is -0.130. The number of benzene rings is 1. The maximum Gasteiger partial charge on any atom is 0.331 e. The summed E-state index contributed by atoms with van der Waals surface area (Å²) < 4.78 is 20.7. The predicted molar refractivity (Wildman–Crippen MR) is 96.1 cm³/mol. The molecular formula is C19H22N2O6. The van der Waals surface area contributed by atoms with Gasteiger partial charge in [-0.05, 0) is 36.6 Å². The Balaban J connectivity index is 1.78. The van der Waals surface area contributed by atoms with Crippen molar-refractivity contribution < 1.29 is 28.5 Å². The summed E-state index contributed by atoms with van der Waals surface area (Å²) in [7, 11) is 1.48. The van der Waals surface area contributed by atoms with Crippen molar-refractivity contribution in [3.8, 4) is 17.6 Å². The molecule has 8 nitrogen and oxygen atoms in total. The Morgan fingerprint density at radius 3 is 2.96 bits per heavy atom. The predicted octanol–water partition coefficient (Wildman–Crippen LogP) is 1.45. The Hall–Kier alpha value is -3.05. The summed E-state index contributed by atoms with van der Waals surface area (Å²) in [5.41, 5.74) is 0.677. The van der Waals surface area contributed by atoms with E-state index in [0.717, 1.165) is 19.4 Å². The largest absolute Gasteiger partial charge is 0.493 e. The van der Waals surface area contributed by atoms with Crippen LogP contribution in [0.15, 0.2) is 24.3 Å². The first-order valence-electron chi connectivity index (χ1n) is 8.53. The number of esters is 1. The average molecular weight is 374 g/mol. The lowest BCUT2D eigenvalue weighted by atomic mass is 10.2. The van der Waals surface area contributed by atoms with Crippen LogP contribution in [0.3, 0.4) is 0 Å². The fraction of sp³-hybridized carbons (Fsp3) is 0.421. The lowest BCUT2D eigenvalue weighted by Crippen LogP contribution is -2.34. The average Bonchev–Trinajstić information content (AvgIpc) is 3.21. The fourth-order valence-corrected chi connectivity index (χ4v) is 2.45. The second-order valence-electron chi connectivity index (χ2n) is 5.74. The molecule has 1 N–H and O–H groups in total. The molecule has 0 spiro atoms. The van der Waals surface area contributed by atoms with E-state index >= 15 is 0 Å². The summed E-state index contributed by atoms with van der Waals surface area (Å²) in [6.45, 7) is 0.704. The van der Waals surface area contributed by atoms with Gasteiger partial charge < -0.3 is 24.3 Å². The Kier molecular flexibility index (Phi) is 8.13. The van der Waals surface area contributed by atoms with Crippen LogP contribution in [0.5, 0.6) is 11.5 Å². The van der Waals surface area contributed by atoms with Crippen molar-refractivity contribution in [3.63, 3.8) is 0 Å². The van der Waals surface area contributed by atoms with Crippen molar-refractivity contribution in [2.75, 3.05) is 33.5 Å². The molecule has 1 heterocycles. The van der Waals surface area contributed by atoms with Gasteiger partial charge in [-0.2, -0.15) is 5.26 Å². The molecule has 8 heteroatoms. The minimum Gasteiger partial charge on any atom is -0.493 e. The Morgan fingerprint density at radius 1 is 1.41 bits per heavy atom. The number of methoxy groups -OCH3 is 1. The zero-order chi connectivity index (χ0) is 19.5. The number of rotatable bonds is 9. The molecule has 1 saturated heterocycles. The maximum atomic E-state index is 11.7. The smallest absolute Gasteiger partial charge is 0.331 e. The second-order valence-corrected chi connectivity index (χ2v) is 5.74. The molecule has 0 saturated carbocycles. The van der Waals surface area contributed by atoms with Gasteiger partial charge in [-0.15, -0.1) is 0 Å². The van der Waals surface area contributed by atoms with Crippen LogP contribution in [0.25, 0.3) is 6.08 Å². The Morgan fingerprint density at radius 2 is 2.26 bits per heavy atom. The molecular weight excluding hydrogens is 352 g/mol. The van der Waals surface area contributed by atoms with Crippen LogP contribution in [0.4, 0.5) is 0 Å². The first kappa shape index (κ1) is 20.3. The minimum atomic E-state index is -0.633. The summed E-state index contributed by atoms with van der Waals surface area (Å²) in [5, 5.41) is 11.2. The number of ether oxygens (including phenoxy) is 4. The van der Waals surface area contributed by atoms with E-state index < -0.39 is 5.97 Å². The van der Waals surface area contributed by atoms with E-state index in [4.69, 9.17) is 24.2 Å². The molecule has 1 aromatic carbocycles. The van der Waals surface area contributed by atoms with Gasteiger partial charge in [0.1, 0.15) is 6.07 Å². The molecule has 2 rings (SSSR count). The third-order valence-corrected chi connectivity index (χ3v) is 3.79. The van der Waals surface area contributed by atoms with Gasteiger partial charge in [0, 0.05) is 19.2 Å². The second kappa shape index (κ2) is 10.8. The zero-order valence-corrected chi connectivity index (χ0v) is 15.1. The molecule has 0 bridgehead atoms. The lowest BCUT2D eigenvalue weighted by molar-refractivity contribution is -0.143. The number of carbonyl (C=O) groups is 2. The number of hydrogen-bond acceptors (Lipinski definition) is 7. The normalized spacial score (nSPS) is 15.9. The highest BCUT2D eigenvalue weighted by Gasteiger charge is 2.16. The topological polar surface area (TPSA) is 107 Å². The van der Waals surface area contributed by atoms with Gasteiger partial charge in [0.15, 0.2) is 24.7 Å². The number of hydrogen-bond donors (Lipinski definition) is 1. The highest BCUT2D eigenvalue weighted by Crippen LogP contribution is 2.28. The van der Waals surface area contributed by atoms with Crippen molar-refractivity contribution in [2.45, 2.75) is 18.9 Å². The van der Waals surface area contributed by atoms with Gasteiger partial charge in [-0.1, -0.05) is 6.07 Å².